The van der Waals surface area contributed by atoms with E-state index < -0.39 is 13.0 Å². The molecule has 30 heavy (non-hydrogen) atoms. The van der Waals surface area contributed by atoms with Crippen LogP contribution in [0.3, 0.4) is 0 Å². The van der Waals surface area contributed by atoms with E-state index in [0.717, 1.165) is 10.2 Å². The first-order chi connectivity index (χ1) is 14.3. The number of alkyl halides is 2. The van der Waals surface area contributed by atoms with Crippen LogP contribution < -0.4 is 4.90 Å². The second-order valence-corrected chi connectivity index (χ2v) is 6.97. The Bertz CT molecular complexity index is 972. The number of carbonyl (C=O) groups excluding carboxylic acids is 1. The first-order valence-electron chi connectivity index (χ1n) is 9.38. The molecule has 1 aromatic carbocycles. The molecule has 0 aliphatic rings. The van der Waals surface area contributed by atoms with Crippen molar-refractivity contribution < 1.29 is 13.6 Å². The fourth-order valence-corrected chi connectivity index (χ4v) is 3.02. The molecule has 3 rings (SSSR count). The molecule has 0 N–H and O–H groups in total. The van der Waals surface area contributed by atoms with E-state index in [9.17, 15) is 13.6 Å². The van der Waals surface area contributed by atoms with E-state index >= 15 is 0 Å². The molecule has 0 unspecified atom stereocenters. The van der Waals surface area contributed by atoms with Crippen LogP contribution in [0.2, 0.25) is 0 Å². The molecule has 9 nitrogen and oxygen atoms in total. The predicted molar refractivity (Wildman–Crippen MR) is 106 cm³/mol. The minimum absolute atomic E-state index is 0.0611. The van der Waals surface area contributed by atoms with Crippen molar-refractivity contribution in [3.8, 4) is 0 Å². The van der Waals surface area contributed by atoms with Crippen LogP contribution >= 0.6 is 0 Å². The highest BCUT2D eigenvalue weighted by Crippen LogP contribution is 2.15. The third kappa shape index (κ3) is 5.16. The number of hydrogen-bond acceptors (Lipinski definition) is 6. The van der Waals surface area contributed by atoms with Crippen LogP contribution in [0.4, 0.5) is 14.7 Å². The van der Waals surface area contributed by atoms with Gasteiger partial charge in [-0.25, -0.2) is 18.4 Å². The predicted octanol–water partition coefficient (Wildman–Crippen LogP) is 1.74. The standard InChI is InChI=1S/C19H24F2N8O/c1-14-24-25-19(27(3)11-17-22-13-23-29(17)10-16(20)21)28(14)12-18(30)26(2)9-15-7-5-4-6-8-15/h4-8,13,16H,9-12H2,1-3H3. The number of likely N-dealkylation sites (N-methyl/N-ethyl adjacent to an activating group) is 1. The van der Waals surface area contributed by atoms with Crippen LogP contribution in [-0.2, 0) is 31.0 Å². The summed E-state index contributed by atoms with van der Waals surface area (Å²) in [6, 6.07) is 9.70. The zero-order chi connectivity index (χ0) is 21.7. The molecule has 0 saturated carbocycles. The molecule has 3 aromatic rings. The van der Waals surface area contributed by atoms with Gasteiger partial charge in [-0.1, -0.05) is 30.3 Å². The lowest BCUT2D eigenvalue weighted by atomic mass is 10.2. The Morgan fingerprint density at radius 1 is 1.13 bits per heavy atom. The topological polar surface area (TPSA) is 85.0 Å². The van der Waals surface area contributed by atoms with Crippen LogP contribution in [-0.4, -0.2) is 60.9 Å². The van der Waals surface area contributed by atoms with Crippen molar-refractivity contribution in [3.63, 3.8) is 0 Å². The molecule has 2 aromatic heterocycles. The Morgan fingerprint density at radius 2 is 1.87 bits per heavy atom. The molecule has 2 heterocycles. The van der Waals surface area contributed by atoms with Gasteiger partial charge in [-0.15, -0.1) is 10.2 Å². The SMILES string of the molecule is Cc1nnc(N(C)Cc2ncnn2CC(F)F)n1CC(=O)N(C)Cc1ccccc1. The Kier molecular flexibility index (Phi) is 6.70. The third-order valence-corrected chi connectivity index (χ3v) is 4.62. The van der Waals surface area contributed by atoms with E-state index in [1.807, 2.05) is 30.3 Å². The highest BCUT2D eigenvalue weighted by atomic mass is 19.3. The molecular weight excluding hydrogens is 394 g/mol. The van der Waals surface area contributed by atoms with Gasteiger partial charge in [-0.3, -0.25) is 9.36 Å². The zero-order valence-corrected chi connectivity index (χ0v) is 17.1. The molecule has 0 fully saturated rings. The molecule has 0 atom stereocenters. The highest BCUT2D eigenvalue weighted by Gasteiger charge is 2.20. The van der Waals surface area contributed by atoms with E-state index in [0.29, 0.717) is 24.1 Å². The number of amides is 1. The van der Waals surface area contributed by atoms with Gasteiger partial charge in [0, 0.05) is 20.6 Å². The average Bonchev–Trinajstić information content (AvgIpc) is 3.28. The molecule has 0 spiro atoms. The van der Waals surface area contributed by atoms with Gasteiger partial charge < -0.3 is 9.80 Å². The molecular formula is C19H24F2N8O. The Hall–Kier alpha value is -3.37. The minimum atomic E-state index is -2.53. The lowest BCUT2D eigenvalue weighted by Gasteiger charge is -2.21. The van der Waals surface area contributed by atoms with Gasteiger partial charge in [0.2, 0.25) is 11.9 Å². The average molecular weight is 418 g/mol. The number of benzene rings is 1. The Labute approximate surface area is 172 Å². The van der Waals surface area contributed by atoms with Gasteiger partial charge in [-0.2, -0.15) is 5.10 Å². The maximum absolute atomic E-state index is 12.8. The number of aryl methyl sites for hydroxylation is 1. The van der Waals surface area contributed by atoms with Crippen LogP contribution in [0, 0.1) is 6.92 Å². The summed E-state index contributed by atoms with van der Waals surface area (Å²) in [5, 5.41) is 12.1. The van der Waals surface area contributed by atoms with Crippen molar-refractivity contribution in [2.45, 2.75) is 39.5 Å². The second kappa shape index (κ2) is 9.42. The molecule has 0 aliphatic heterocycles. The van der Waals surface area contributed by atoms with Crippen molar-refractivity contribution in [1.82, 2.24) is 34.4 Å². The molecule has 1 amide bonds. The summed E-state index contributed by atoms with van der Waals surface area (Å²) in [7, 11) is 3.48. The van der Waals surface area contributed by atoms with E-state index in [1.165, 1.54) is 6.33 Å². The van der Waals surface area contributed by atoms with Gasteiger partial charge in [0.15, 0.2) is 0 Å². The van der Waals surface area contributed by atoms with E-state index in [4.69, 9.17) is 0 Å². The van der Waals surface area contributed by atoms with Gasteiger partial charge >= 0.3 is 0 Å². The lowest BCUT2D eigenvalue weighted by Crippen LogP contribution is -2.32. The zero-order valence-electron chi connectivity index (χ0n) is 17.1. The molecule has 11 heteroatoms. The number of carbonyl (C=O) groups is 1. The number of aromatic nitrogens is 6. The smallest absolute Gasteiger partial charge is 0.257 e. The van der Waals surface area contributed by atoms with Crippen molar-refractivity contribution in [1.29, 1.82) is 0 Å². The highest BCUT2D eigenvalue weighted by molar-refractivity contribution is 5.76. The fourth-order valence-electron chi connectivity index (χ4n) is 3.02. The number of anilines is 1. The number of nitrogens with zero attached hydrogens (tertiary/aromatic N) is 8. The van der Waals surface area contributed by atoms with Crippen LogP contribution in [0.25, 0.3) is 0 Å². The molecule has 0 aliphatic carbocycles. The fraction of sp³-hybridized carbons (Fsp3) is 0.421. The summed E-state index contributed by atoms with van der Waals surface area (Å²) in [6.07, 6.45) is -1.29. The minimum Gasteiger partial charge on any atom is -0.340 e. The summed E-state index contributed by atoms with van der Waals surface area (Å²) in [6.45, 7) is 1.97. The maximum Gasteiger partial charge on any atom is 0.257 e. The Morgan fingerprint density at radius 3 is 2.57 bits per heavy atom. The first kappa shape index (κ1) is 21.3. The molecule has 0 radical (unpaired) electrons. The van der Waals surface area contributed by atoms with Gasteiger partial charge in [0.25, 0.3) is 6.43 Å². The van der Waals surface area contributed by atoms with Gasteiger partial charge in [-0.05, 0) is 12.5 Å². The van der Waals surface area contributed by atoms with Crippen molar-refractivity contribution >= 4 is 11.9 Å². The molecule has 0 saturated heterocycles. The normalized spacial score (nSPS) is 11.1. The summed E-state index contributed by atoms with van der Waals surface area (Å²) in [4.78, 5) is 20.1. The van der Waals surface area contributed by atoms with E-state index in [1.54, 1.807) is 35.4 Å². The first-order valence-corrected chi connectivity index (χ1v) is 9.38. The quantitative estimate of drug-likeness (QED) is 0.526. The van der Waals surface area contributed by atoms with Crippen molar-refractivity contribution in [2.75, 3.05) is 19.0 Å². The molecule has 0 bridgehead atoms. The maximum atomic E-state index is 12.8. The summed E-state index contributed by atoms with van der Waals surface area (Å²) in [5.41, 5.74) is 1.03. The lowest BCUT2D eigenvalue weighted by molar-refractivity contribution is -0.131. The van der Waals surface area contributed by atoms with Crippen molar-refractivity contribution in [3.05, 3.63) is 53.9 Å². The second-order valence-electron chi connectivity index (χ2n) is 6.97. The van der Waals surface area contributed by atoms with E-state index in [-0.39, 0.29) is 19.0 Å². The third-order valence-electron chi connectivity index (χ3n) is 4.62. The monoisotopic (exact) mass is 418 g/mol. The summed E-state index contributed by atoms with van der Waals surface area (Å²) >= 11 is 0. The van der Waals surface area contributed by atoms with E-state index in [2.05, 4.69) is 20.3 Å². The van der Waals surface area contributed by atoms with Crippen molar-refractivity contribution in [2.24, 2.45) is 0 Å². The largest absolute Gasteiger partial charge is 0.340 e. The summed E-state index contributed by atoms with van der Waals surface area (Å²) < 4.78 is 28.3. The number of halogens is 2. The van der Waals surface area contributed by atoms with Crippen LogP contribution in [0.15, 0.2) is 36.7 Å². The van der Waals surface area contributed by atoms with Gasteiger partial charge in [0.05, 0.1) is 6.54 Å². The van der Waals surface area contributed by atoms with Gasteiger partial charge in [0.1, 0.15) is 31.1 Å². The van der Waals surface area contributed by atoms with Crippen LogP contribution in [0.1, 0.15) is 17.2 Å². The number of hydrogen-bond donors (Lipinski definition) is 0. The Balaban J connectivity index is 1.70. The van der Waals surface area contributed by atoms with Crippen LogP contribution in [0.5, 0.6) is 0 Å². The molecule has 160 valence electrons. The summed E-state index contributed by atoms with van der Waals surface area (Å²) in [5.74, 6) is 1.29. The number of rotatable bonds is 9.